The summed E-state index contributed by atoms with van der Waals surface area (Å²) in [6.07, 6.45) is 2.58. The molecule has 1 atom stereocenters. The Balaban J connectivity index is 2.00. The molecule has 6 heteroatoms. The third-order valence-electron chi connectivity index (χ3n) is 4.56. The van der Waals surface area contributed by atoms with Crippen LogP contribution in [0.15, 0.2) is 0 Å². The van der Waals surface area contributed by atoms with Gasteiger partial charge in [0.05, 0.1) is 18.1 Å². The number of carbonyl (C=O) groups is 1. The smallest absolute Gasteiger partial charge is 0.317 e. The van der Waals surface area contributed by atoms with E-state index in [2.05, 4.69) is 13.8 Å². The van der Waals surface area contributed by atoms with Gasteiger partial charge in [-0.2, -0.15) is 0 Å². The van der Waals surface area contributed by atoms with Gasteiger partial charge < -0.3 is 5.11 Å². The van der Waals surface area contributed by atoms with Crippen LogP contribution in [-0.2, 0) is 14.6 Å². The summed E-state index contributed by atoms with van der Waals surface area (Å²) in [6, 6.07) is 0.154. The Morgan fingerprint density at radius 1 is 1.32 bits per heavy atom. The second kappa shape index (κ2) is 5.40. The molecule has 0 aromatic rings. The summed E-state index contributed by atoms with van der Waals surface area (Å²) >= 11 is 0. The fourth-order valence-corrected chi connectivity index (χ4v) is 4.94. The number of aliphatic carboxylic acids is 1. The Morgan fingerprint density at radius 2 is 1.95 bits per heavy atom. The molecule has 0 radical (unpaired) electrons. The van der Waals surface area contributed by atoms with Crippen molar-refractivity contribution >= 4 is 15.8 Å². The molecule has 19 heavy (non-hydrogen) atoms. The van der Waals surface area contributed by atoms with Crippen LogP contribution in [0.5, 0.6) is 0 Å². The molecule has 0 bridgehead atoms. The molecule has 1 aliphatic carbocycles. The number of carboxylic acids is 1. The highest BCUT2D eigenvalue weighted by Gasteiger charge is 2.42. The van der Waals surface area contributed by atoms with Gasteiger partial charge in [0, 0.05) is 12.1 Å². The minimum Gasteiger partial charge on any atom is -0.480 e. The highest BCUT2D eigenvalue weighted by molar-refractivity contribution is 7.91. The monoisotopic (exact) mass is 289 g/mol. The molecule has 0 amide bonds. The molecular weight excluding hydrogens is 266 g/mol. The summed E-state index contributed by atoms with van der Waals surface area (Å²) in [6.45, 7) is 4.33. The maximum absolute atomic E-state index is 11.6. The van der Waals surface area contributed by atoms with Crippen molar-refractivity contribution in [1.82, 2.24) is 4.90 Å². The first-order valence-corrected chi connectivity index (χ1v) is 8.78. The molecule has 1 saturated carbocycles. The molecule has 1 N–H and O–H groups in total. The van der Waals surface area contributed by atoms with Crippen molar-refractivity contribution in [2.24, 2.45) is 11.8 Å². The highest BCUT2D eigenvalue weighted by atomic mass is 32.2. The van der Waals surface area contributed by atoms with E-state index in [1.54, 1.807) is 0 Å². The Bertz CT molecular complexity index is 440. The molecule has 1 saturated heterocycles. The lowest BCUT2D eigenvalue weighted by Crippen LogP contribution is -2.53. The standard InChI is InChI=1S/C13H23NO4S/c1-9(2)10-5-12(6-10)14(7-13(15)16)11-3-4-19(17,18)8-11/h9-12H,3-8H2,1-2H3,(H,15,16). The van der Waals surface area contributed by atoms with Crippen molar-refractivity contribution in [2.45, 2.75) is 45.2 Å². The van der Waals surface area contributed by atoms with Gasteiger partial charge >= 0.3 is 5.97 Å². The van der Waals surface area contributed by atoms with Gasteiger partial charge in [0.2, 0.25) is 0 Å². The number of sulfone groups is 1. The van der Waals surface area contributed by atoms with Gasteiger partial charge in [0.15, 0.2) is 9.84 Å². The van der Waals surface area contributed by atoms with E-state index in [0.717, 1.165) is 12.8 Å². The molecule has 1 aliphatic heterocycles. The second-order valence-electron chi connectivity index (χ2n) is 6.25. The normalized spacial score (nSPS) is 33.6. The third-order valence-corrected chi connectivity index (χ3v) is 6.31. The average molecular weight is 289 g/mol. The van der Waals surface area contributed by atoms with Crippen LogP contribution in [0.25, 0.3) is 0 Å². The molecule has 0 spiro atoms. The summed E-state index contributed by atoms with van der Waals surface area (Å²) in [7, 11) is -2.96. The molecule has 2 rings (SSSR count). The summed E-state index contributed by atoms with van der Waals surface area (Å²) in [5.41, 5.74) is 0. The molecular formula is C13H23NO4S. The highest BCUT2D eigenvalue weighted by Crippen LogP contribution is 2.38. The largest absolute Gasteiger partial charge is 0.480 e. The number of hydrogen-bond donors (Lipinski definition) is 1. The van der Waals surface area contributed by atoms with Crippen molar-refractivity contribution in [2.75, 3.05) is 18.1 Å². The molecule has 0 aromatic heterocycles. The first kappa shape index (κ1) is 14.8. The molecule has 5 nitrogen and oxygen atoms in total. The lowest BCUT2D eigenvalue weighted by molar-refractivity contribution is -0.140. The maximum atomic E-state index is 11.6. The summed E-state index contributed by atoms with van der Waals surface area (Å²) in [5.74, 6) is 0.740. The maximum Gasteiger partial charge on any atom is 0.317 e. The minimum absolute atomic E-state index is 0.0321. The molecule has 2 fully saturated rings. The van der Waals surface area contributed by atoms with E-state index in [9.17, 15) is 13.2 Å². The summed E-state index contributed by atoms with van der Waals surface area (Å²) in [5, 5.41) is 9.03. The average Bonchev–Trinajstić information content (AvgIpc) is 2.53. The van der Waals surface area contributed by atoms with E-state index in [1.807, 2.05) is 4.90 Å². The van der Waals surface area contributed by atoms with E-state index in [1.165, 1.54) is 0 Å². The fourth-order valence-electron chi connectivity index (χ4n) is 3.19. The number of hydrogen-bond acceptors (Lipinski definition) is 4. The Morgan fingerprint density at radius 3 is 2.37 bits per heavy atom. The number of nitrogens with zero attached hydrogens (tertiary/aromatic N) is 1. The topological polar surface area (TPSA) is 74.7 Å². The number of rotatable bonds is 5. The predicted molar refractivity (Wildman–Crippen MR) is 72.8 cm³/mol. The Hall–Kier alpha value is -0.620. The van der Waals surface area contributed by atoms with Crippen molar-refractivity contribution in [3.63, 3.8) is 0 Å². The van der Waals surface area contributed by atoms with Gasteiger partial charge in [-0.1, -0.05) is 13.8 Å². The zero-order chi connectivity index (χ0) is 14.2. The number of carboxylic acid groups (broad SMARTS) is 1. The lowest BCUT2D eigenvalue weighted by Gasteiger charge is -2.46. The Labute approximate surface area is 114 Å². The van der Waals surface area contributed by atoms with Gasteiger partial charge in [-0.25, -0.2) is 8.42 Å². The van der Waals surface area contributed by atoms with Crippen molar-refractivity contribution < 1.29 is 18.3 Å². The fraction of sp³-hybridized carbons (Fsp3) is 0.923. The van der Waals surface area contributed by atoms with Crippen LogP contribution in [0.1, 0.15) is 33.1 Å². The van der Waals surface area contributed by atoms with Crippen LogP contribution in [0.2, 0.25) is 0 Å². The predicted octanol–water partition coefficient (Wildman–Crippen LogP) is 0.995. The van der Waals surface area contributed by atoms with Crippen LogP contribution in [0, 0.1) is 11.8 Å². The van der Waals surface area contributed by atoms with Gasteiger partial charge in [-0.3, -0.25) is 9.69 Å². The van der Waals surface area contributed by atoms with E-state index in [-0.39, 0.29) is 30.1 Å². The van der Waals surface area contributed by atoms with Crippen LogP contribution in [0.4, 0.5) is 0 Å². The second-order valence-corrected chi connectivity index (χ2v) is 8.48. The molecule has 110 valence electrons. The van der Waals surface area contributed by atoms with E-state index < -0.39 is 15.8 Å². The summed E-state index contributed by atoms with van der Waals surface area (Å²) in [4.78, 5) is 12.9. The van der Waals surface area contributed by atoms with Crippen LogP contribution >= 0.6 is 0 Å². The minimum atomic E-state index is -2.96. The Kier molecular flexibility index (Phi) is 4.20. The van der Waals surface area contributed by atoms with E-state index >= 15 is 0 Å². The van der Waals surface area contributed by atoms with Crippen molar-refractivity contribution in [3.8, 4) is 0 Å². The molecule has 1 heterocycles. The van der Waals surface area contributed by atoms with Crippen molar-refractivity contribution in [1.29, 1.82) is 0 Å². The lowest BCUT2D eigenvalue weighted by atomic mass is 9.72. The van der Waals surface area contributed by atoms with Gasteiger partial charge in [-0.05, 0) is 31.1 Å². The van der Waals surface area contributed by atoms with E-state index in [4.69, 9.17) is 5.11 Å². The third kappa shape index (κ3) is 3.48. The molecule has 2 aliphatic rings. The SMILES string of the molecule is CC(C)C1CC(N(CC(=O)O)C2CCS(=O)(=O)C2)C1. The van der Waals surface area contributed by atoms with Crippen LogP contribution < -0.4 is 0 Å². The molecule has 0 aromatic carbocycles. The zero-order valence-electron chi connectivity index (χ0n) is 11.6. The van der Waals surface area contributed by atoms with Gasteiger partial charge in [0.1, 0.15) is 0 Å². The molecule has 1 unspecified atom stereocenters. The summed E-state index contributed by atoms with van der Waals surface area (Å²) < 4.78 is 23.1. The zero-order valence-corrected chi connectivity index (χ0v) is 12.4. The van der Waals surface area contributed by atoms with Crippen LogP contribution in [-0.4, -0.2) is 54.5 Å². The van der Waals surface area contributed by atoms with Crippen molar-refractivity contribution in [3.05, 3.63) is 0 Å². The quantitative estimate of drug-likeness (QED) is 0.817. The van der Waals surface area contributed by atoms with E-state index in [0.29, 0.717) is 18.3 Å². The first-order chi connectivity index (χ1) is 8.78. The van der Waals surface area contributed by atoms with Crippen LogP contribution in [0.3, 0.4) is 0 Å². The first-order valence-electron chi connectivity index (χ1n) is 6.96. The van der Waals surface area contributed by atoms with Gasteiger partial charge in [-0.15, -0.1) is 0 Å². The van der Waals surface area contributed by atoms with Gasteiger partial charge in [0.25, 0.3) is 0 Å².